The van der Waals surface area contributed by atoms with E-state index < -0.39 is 0 Å². The van der Waals surface area contributed by atoms with Crippen LogP contribution in [0.1, 0.15) is 25.3 Å². The molecule has 0 atom stereocenters. The lowest BCUT2D eigenvalue weighted by atomic mass is 10.0. The van der Waals surface area contributed by atoms with Crippen LogP contribution in [0.3, 0.4) is 0 Å². The number of nitrogens with one attached hydrogen (secondary N) is 2. The predicted octanol–water partition coefficient (Wildman–Crippen LogP) is 4.98. The molecule has 2 N–H and O–H groups in total. The maximum atomic E-state index is 4.77. The molecule has 0 aliphatic carbocycles. The first-order valence-corrected chi connectivity index (χ1v) is 9.72. The van der Waals surface area contributed by atoms with Gasteiger partial charge in [-0.3, -0.25) is 0 Å². The van der Waals surface area contributed by atoms with E-state index in [9.17, 15) is 0 Å². The number of hydrogen-bond acceptors (Lipinski definition) is 5. The molecule has 0 saturated carbocycles. The molecule has 0 radical (unpaired) electrons. The van der Waals surface area contributed by atoms with Crippen LogP contribution in [0.15, 0.2) is 60.7 Å². The van der Waals surface area contributed by atoms with Crippen LogP contribution in [0.25, 0.3) is 11.4 Å². The van der Waals surface area contributed by atoms with E-state index in [0.29, 0.717) is 11.7 Å². The van der Waals surface area contributed by atoms with Crippen LogP contribution in [-0.4, -0.2) is 42.1 Å². The van der Waals surface area contributed by atoms with Gasteiger partial charge in [0.05, 0.1) is 0 Å². The van der Waals surface area contributed by atoms with Crippen LogP contribution in [0.2, 0.25) is 0 Å². The Kier molecular flexibility index (Phi) is 6.61. The fourth-order valence-corrected chi connectivity index (χ4v) is 2.98. The number of nitrogens with zero attached hydrogens (tertiary/aromatic N) is 3. The van der Waals surface area contributed by atoms with Crippen LogP contribution >= 0.6 is 0 Å². The molecule has 0 aliphatic heterocycles. The van der Waals surface area contributed by atoms with E-state index in [1.165, 1.54) is 5.56 Å². The number of anilines is 3. The Hall–Kier alpha value is -2.92. The van der Waals surface area contributed by atoms with E-state index >= 15 is 0 Å². The lowest BCUT2D eigenvalue weighted by Gasteiger charge is -2.16. The van der Waals surface area contributed by atoms with Crippen molar-refractivity contribution in [3.63, 3.8) is 0 Å². The number of likely N-dealkylation sites (N-methyl/N-ethyl adjacent to an activating group) is 1. The number of aromatic nitrogens is 2. The third-order valence-corrected chi connectivity index (χ3v) is 4.47. The molecule has 146 valence electrons. The average Bonchev–Trinajstić information content (AvgIpc) is 2.68. The number of benzene rings is 2. The minimum absolute atomic E-state index is 0.428. The molecular formula is C23H29N5. The molecule has 0 saturated heterocycles. The molecule has 0 fully saturated rings. The SMILES string of the molecule is CC(C)c1ccccc1Nc1cc(NCCN(C)C)nc(-c2ccccc2)n1. The van der Waals surface area contributed by atoms with Crippen molar-refractivity contribution in [3.05, 3.63) is 66.2 Å². The first-order valence-electron chi connectivity index (χ1n) is 9.72. The Bertz CT molecular complexity index is 891. The predicted molar refractivity (Wildman–Crippen MR) is 118 cm³/mol. The summed E-state index contributed by atoms with van der Waals surface area (Å²) in [6.07, 6.45) is 0. The maximum absolute atomic E-state index is 4.77. The second-order valence-electron chi connectivity index (χ2n) is 7.43. The zero-order valence-corrected chi connectivity index (χ0v) is 17.1. The van der Waals surface area contributed by atoms with Crippen molar-refractivity contribution >= 4 is 17.3 Å². The largest absolute Gasteiger partial charge is 0.369 e. The number of rotatable bonds is 8. The van der Waals surface area contributed by atoms with Crippen LogP contribution in [0.4, 0.5) is 17.3 Å². The molecule has 2 aromatic carbocycles. The molecule has 28 heavy (non-hydrogen) atoms. The summed E-state index contributed by atoms with van der Waals surface area (Å²) in [6, 6.07) is 20.4. The molecule has 0 bridgehead atoms. The van der Waals surface area contributed by atoms with Gasteiger partial charge in [0.25, 0.3) is 0 Å². The van der Waals surface area contributed by atoms with Crippen molar-refractivity contribution in [2.45, 2.75) is 19.8 Å². The van der Waals surface area contributed by atoms with Gasteiger partial charge in [-0.05, 0) is 31.6 Å². The Morgan fingerprint density at radius 3 is 2.29 bits per heavy atom. The minimum atomic E-state index is 0.428. The second-order valence-corrected chi connectivity index (χ2v) is 7.43. The van der Waals surface area contributed by atoms with Crippen molar-refractivity contribution in [2.24, 2.45) is 0 Å². The lowest BCUT2D eigenvalue weighted by molar-refractivity contribution is 0.425. The summed E-state index contributed by atoms with van der Waals surface area (Å²) in [5.74, 6) is 2.74. The van der Waals surface area contributed by atoms with Gasteiger partial charge in [0, 0.05) is 30.4 Å². The highest BCUT2D eigenvalue weighted by Gasteiger charge is 2.10. The van der Waals surface area contributed by atoms with Crippen molar-refractivity contribution < 1.29 is 0 Å². The van der Waals surface area contributed by atoms with Crippen molar-refractivity contribution in [2.75, 3.05) is 37.8 Å². The van der Waals surface area contributed by atoms with Gasteiger partial charge in [0.1, 0.15) is 11.6 Å². The molecule has 5 nitrogen and oxygen atoms in total. The Morgan fingerprint density at radius 2 is 1.57 bits per heavy atom. The third-order valence-electron chi connectivity index (χ3n) is 4.47. The fraction of sp³-hybridized carbons (Fsp3) is 0.304. The van der Waals surface area contributed by atoms with Gasteiger partial charge in [-0.15, -0.1) is 0 Å². The normalized spacial score (nSPS) is 11.1. The zero-order valence-electron chi connectivity index (χ0n) is 17.1. The third kappa shape index (κ3) is 5.30. The van der Waals surface area contributed by atoms with E-state index in [1.807, 2.05) is 42.5 Å². The van der Waals surface area contributed by atoms with Crippen LogP contribution in [0, 0.1) is 0 Å². The molecule has 1 heterocycles. The summed E-state index contributed by atoms with van der Waals surface area (Å²) in [7, 11) is 4.12. The summed E-state index contributed by atoms with van der Waals surface area (Å²) < 4.78 is 0. The quantitative estimate of drug-likeness (QED) is 0.581. The zero-order chi connectivity index (χ0) is 19.9. The van der Waals surface area contributed by atoms with Crippen molar-refractivity contribution in [1.82, 2.24) is 14.9 Å². The minimum Gasteiger partial charge on any atom is -0.369 e. The summed E-state index contributed by atoms with van der Waals surface area (Å²) in [5.41, 5.74) is 3.35. The van der Waals surface area contributed by atoms with E-state index in [1.54, 1.807) is 0 Å². The van der Waals surface area contributed by atoms with Crippen LogP contribution < -0.4 is 10.6 Å². The molecular weight excluding hydrogens is 346 g/mol. The van der Waals surface area contributed by atoms with Crippen LogP contribution in [-0.2, 0) is 0 Å². The smallest absolute Gasteiger partial charge is 0.163 e. The highest BCUT2D eigenvalue weighted by atomic mass is 15.1. The van der Waals surface area contributed by atoms with Crippen LogP contribution in [0.5, 0.6) is 0 Å². The average molecular weight is 376 g/mol. The Balaban J connectivity index is 1.93. The van der Waals surface area contributed by atoms with Gasteiger partial charge < -0.3 is 15.5 Å². The van der Waals surface area contributed by atoms with Gasteiger partial charge >= 0.3 is 0 Å². The van der Waals surface area contributed by atoms with E-state index in [0.717, 1.165) is 36.0 Å². The van der Waals surface area contributed by atoms with E-state index in [-0.39, 0.29) is 0 Å². The molecule has 0 spiro atoms. The monoisotopic (exact) mass is 375 g/mol. The van der Waals surface area contributed by atoms with Crippen molar-refractivity contribution in [1.29, 1.82) is 0 Å². The standard InChI is InChI=1S/C23H29N5/c1-17(2)19-12-8-9-13-20(19)25-22-16-21(24-14-15-28(3)4)26-23(27-22)18-10-6-5-7-11-18/h5-13,16-17H,14-15H2,1-4H3,(H2,24,25,26,27). The van der Waals surface area contributed by atoms with Gasteiger partial charge in [0.15, 0.2) is 5.82 Å². The molecule has 1 aromatic heterocycles. The summed E-state index contributed by atoms with van der Waals surface area (Å²) in [4.78, 5) is 11.6. The Morgan fingerprint density at radius 1 is 0.893 bits per heavy atom. The number of hydrogen-bond donors (Lipinski definition) is 2. The maximum Gasteiger partial charge on any atom is 0.163 e. The molecule has 0 amide bonds. The first-order chi connectivity index (χ1) is 13.5. The van der Waals surface area contributed by atoms with Gasteiger partial charge in [0.2, 0.25) is 0 Å². The highest BCUT2D eigenvalue weighted by molar-refractivity contribution is 5.67. The highest BCUT2D eigenvalue weighted by Crippen LogP contribution is 2.28. The fourth-order valence-electron chi connectivity index (χ4n) is 2.98. The number of para-hydroxylation sites is 1. The van der Waals surface area contributed by atoms with E-state index in [4.69, 9.17) is 9.97 Å². The Labute approximate surface area is 167 Å². The molecule has 0 aliphatic rings. The lowest BCUT2D eigenvalue weighted by Crippen LogP contribution is -2.21. The van der Waals surface area contributed by atoms with Crippen molar-refractivity contribution in [3.8, 4) is 11.4 Å². The van der Waals surface area contributed by atoms with Gasteiger partial charge in [-0.2, -0.15) is 0 Å². The van der Waals surface area contributed by atoms with E-state index in [2.05, 4.69) is 61.7 Å². The first kappa shape index (κ1) is 19.8. The molecule has 5 heteroatoms. The molecule has 3 rings (SSSR count). The van der Waals surface area contributed by atoms with Gasteiger partial charge in [-0.25, -0.2) is 9.97 Å². The topological polar surface area (TPSA) is 53.1 Å². The second kappa shape index (κ2) is 9.33. The summed E-state index contributed by atoms with van der Waals surface area (Å²) in [6.45, 7) is 6.15. The summed E-state index contributed by atoms with van der Waals surface area (Å²) in [5, 5.41) is 6.92. The summed E-state index contributed by atoms with van der Waals surface area (Å²) >= 11 is 0. The molecule has 3 aromatic rings. The molecule has 0 unspecified atom stereocenters. The van der Waals surface area contributed by atoms with Gasteiger partial charge in [-0.1, -0.05) is 62.4 Å².